The third-order valence-corrected chi connectivity index (χ3v) is 4.22. The highest BCUT2D eigenvalue weighted by molar-refractivity contribution is 7.99. The Morgan fingerprint density at radius 2 is 2.38 bits per heavy atom. The molecule has 1 unspecified atom stereocenters. The Labute approximate surface area is 106 Å². The van der Waals surface area contributed by atoms with Gasteiger partial charge in [0.2, 0.25) is 0 Å². The number of rotatable bonds is 7. The van der Waals surface area contributed by atoms with Crippen molar-refractivity contribution in [3.05, 3.63) is 21.9 Å². The average Bonchev–Trinajstić information content (AvgIpc) is 2.74. The quantitative estimate of drug-likeness (QED) is 0.759. The van der Waals surface area contributed by atoms with E-state index in [-0.39, 0.29) is 0 Å². The Balaban J connectivity index is 2.21. The molecule has 0 saturated heterocycles. The fourth-order valence-electron chi connectivity index (χ4n) is 1.31. The van der Waals surface area contributed by atoms with Crippen molar-refractivity contribution >= 4 is 23.1 Å². The lowest BCUT2D eigenvalue weighted by Gasteiger charge is -2.12. The van der Waals surface area contributed by atoms with Crippen LogP contribution in [0.15, 0.2) is 12.1 Å². The van der Waals surface area contributed by atoms with Crippen molar-refractivity contribution in [3.63, 3.8) is 0 Å². The highest BCUT2D eigenvalue weighted by Crippen LogP contribution is 2.15. The molecule has 0 radical (unpaired) electrons. The summed E-state index contributed by atoms with van der Waals surface area (Å²) in [5.74, 6) is 2.42. The van der Waals surface area contributed by atoms with Crippen LogP contribution in [0.1, 0.15) is 30.0 Å². The first-order chi connectivity index (χ1) is 7.76. The number of thiophene rings is 1. The number of thioether (sulfide) groups is 1. The largest absolute Gasteiger partial charge is 0.309 e. The topological polar surface area (TPSA) is 35.8 Å². The fourth-order valence-corrected chi connectivity index (χ4v) is 2.88. The summed E-state index contributed by atoms with van der Waals surface area (Å²) in [6, 6.07) is 6.63. The van der Waals surface area contributed by atoms with Crippen molar-refractivity contribution < 1.29 is 0 Å². The molecule has 1 atom stereocenters. The van der Waals surface area contributed by atoms with Gasteiger partial charge in [-0.1, -0.05) is 6.92 Å². The van der Waals surface area contributed by atoms with Gasteiger partial charge in [0.25, 0.3) is 0 Å². The highest BCUT2D eigenvalue weighted by atomic mass is 32.2. The molecule has 4 heteroatoms. The van der Waals surface area contributed by atoms with Crippen LogP contribution in [-0.2, 0) is 6.54 Å². The minimum Gasteiger partial charge on any atom is -0.309 e. The smallest absolute Gasteiger partial charge is 0.110 e. The lowest BCUT2D eigenvalue weighted by atomic mass is 10.2. The van der Waals surface area contributed by atoms with Crippen molar-refractivity contribution in [1.29, 1.82) is 5.26 Å². The Kier molecular flexibility index (Phi) is 6.55. The second-order valence-electron chi connectivity index (χ2n) is 3.65. The predicted octanol–water partition coefficient (Wildman–Crippen LogP) is 3.24. The molecule has 0 bridgehead atoms. The summed E-state index contributed by atoms with van der Waals surface area (Å²) < 4.78 is 0. The summed E-state index contributed by atoms with van der Waals surface area (Å²) in [5.41, 5.74) is 0. The molecule has 0 aliphatic heterocycles. The SMILES string of the molecule is CCSCCC(C)NCc1ccc(C#N)s1. The first kappa shape index (κ1) is 13.6. The van der Waals surface area contributed by atoms with Crippen molar-refractivity contribution in [3.8, 4) is 6.07 Å². The van der Waals surface area contributed by atoms with E-state index in [2.05, 4.69) is 25.2 Å². The molecular weight excluding hydrogens is 236 g/mol. The number of nitrogens with one attached hydrogen (secondary N) is 1. The van der Waals surface area contributed by atoms with Crippen molar-refractivity contribution in [2.45, 2.75) is 32.9 Å². The van der Waals surface area contributed by atoms with Gasteiger partial charge in [-0.25, -0.2) is 0 Å². The summed E-state index contributed by atoms with van der Waals surface area (Å²) >= 11 is 3.56. The Morgan fingerprint density at radius 3 is 3.00 bits per heavy atom. The molecule has 0 fully saturated rings. The third kappa shape index (κ3) is 5.02. The van der Waals surface area contributed by atoms with Gasteiger partial charge in [-0.15, -0.1) is 11.3 Å². The molecule has 1 heterocycles. The van der Waals surface area contributed by atoms with E-state index in [0.717, 1.165) is 11.4 Å². The second-order valence-corrected chi connectivity index (χ2v) is 6.21. The second kappa shape index (κ2) is 7.72. The van der Waals surface area contributed by atoms with Gasteiger partial charge in [-0.2, -0.15) is 17.0 Å². The molecule has 0 aliphatic rings. The zero-order chi connectivity index (χ0) is 11.8. The van der Waals surface area contributed by atoms with Gasteiger partial charge >= 0.3 is 0 Å². The predicted molar refractivity (Wildman–Crippen MR) is 73.0 cm³/mol. The minimum atomic E-state index is 0.548. The number of hydrogen-bond acceptors (Lipinski definition) is 4. The van der Waals surface area contributed by atoms with Gasteiger partial charge in [0.05, 0.1) is 0 Å². The van der Waals surface area contributed by atoms with E-state index in [1.54, 1.807) is 11.3 Å². The van der Waals surface area contributed by atoms with E-state index in [1.165, 1.54) is 22.8 Å². The maximum Gasteiger partial charge on any atom is 0.110 e. The van der Waals surface area contributed by atoms with Crippen LogP contribution in [0.5, 0.6) is 0 Å². The zero-order valence-corrected chi connectivity index (χ0v) is 11.5. The van der Waals surface area contributed by atoms with Gasteiger partial charge in [-0.3, -0.25) is 0 Å². The third-order valence-electron chi connectivity index (χ3n) is 2.30. The minimum absolute atomic E-state index is 0.548. The van der Waals surface area contributed by atoms with Crippen LogP contribution >= 0.6 is 23.1 Å². The summed E-state index contributed by atoms with van der Waals surface area (Å²) in [5, 5.41) is 12.2. The van der Waals surface area contributed by atoms with Crippen LogP contribution in [0, 0.1) is 11.3 Å². The molecule has 0 aliphatic carbocycles. The summed E-state index contributed by atoms with van der Waals surface area (Å²) in [7, 11) is 0. The van der Waals surface area contributed by atoms with E-state index >= 15 is 0 Å². The normalized spacial score (nSPS) is 12.3. The van der Waals surface area contributed by atoms with Crippen LogP contribution < -0.4 is 5.32 Å². The fraction of sp³-hybridized carbons (Fsp3) is 0.583. The maximum absolute atomic E-state index is 8.71. The number of nitrogens with zero attached hydrogens (tertiary/aromatic N) is 1. The van der Waals surface area contributed by atoms with Crippen LogP contribution in [-0.4, -0.2) is 17.5 Å². The maximum atomic E-state index is 8.71. The van der Waals surface area contributed by atoms with Gasteiger partial charge in [-0.05, 0) is 37.0 Å². The van der Waals surface area contributed by atoms with Crippen molar-refractivity contribution in [2.24, 2.45) is 0 Å². The van der Waals surface area contributed by atoms with Crippen LogP contribution in [0.25, 0.3) is 0 Å². The first-order valence-electron chi connectivity index (χ1n) is 5.56. The van der Waals surface area contributed by atoms with Crippen LogP contribution in [0.2, 0.25) is 0 Å². The van der Waals surface area contributed by atoms with Gasteiger partial charge in [0.15, 0.2) is 0 Å². The average molecular weight is 254 g/mol. The standard InChI is InChI=1S/C12H18N2S2/c1-3-15-7-6-10(2)14-9-12-5-4-11(8-13)16-12/h4-5,10,14H,3,6-7,9H2,1-2H3. The van der Waals surface area contributed by atoms with Crippen LogP contribution in [0.4, 0.5) is 0 Å². The molecule has 88 valence electrons. The van der Waals surface area contributed by atoms with Gasteiger partial charge < -0.3 is 5.32 Å². The van der Waals surface area contributed by atoms with E-state index in [0.29, 0.717) is 6.04 Å². The molecule has 16 heavy (non-hydrogen) atoms. The Hall–Kier alpha value is -0.500. The highest BCUT2D eigenvalue weighted by Gasteiger charge is 2.03. The van der Waals surface area contributed by atoms with E-state index in [9.17, 15) is 0 Å². The first-order valence-corrected chi connectivity index (χ1v) is 7.53. The number of hydrogen-bond donors (Lipinski definition) is 1. The molecule has 1 aromatic heterocycles. The molecule has 1 rings (SSSR count). The number of nitriles is 1. The molecule has 0 aromatic carbocycles. The van der Waals surface area contributed by atoms with Crippen molar-refractivity contribution in [2.75, 3.05) is 11.5 Å². The molecule has 2 nitrogen and oxygen atoms in total. The molecular formula is C12H18N2S2. The zero-order valence-electron chi connectivity index (χ0n) is 9.82. The molecule has 0 amide bonds. The Bertz CT molecular complexity index is 341. The Morgan fingerprint density at radius 1 is 1.56 bits per heavy atom. The molecule has 1 aromatic rings. The monoisotopic (exact) mass is 254 g/mol. The molecule has 0 spiro atoms. The van der Waals surface area contributed by atoms with Gasteiger partial charge in [0, 0.05) is 17.5 Å². The summed E-state index contributed by atoms with van der Waals surface area (Å²) in [6.07, 6.45) is 1.20. The van der Waals surface area contributed by atoms with Crippen LogP contribution in [0.3, 0.4) is 0 Å². The summed E-state index contributed by atoms with van der Waals surface area (Å²) in [4.78, 5) is 2.04. The summed E-state index contributed by atoms with van der Waals surface area (Å²) in [6.45, 7) is 5.29. The van der Waals surface area contributed by atoms with E-state index in [4.69, 9.17) is 5.26 Å². The van der Waals surface area contributed by atoms with E-state index < -0.39 is 0 Å². The van der Waals surface area contributed by atoms with E-state index in [1.807, 2.05) is 23.9 Å². The van der Waals surface area contributed by atoms with Gasteiger partial charge in [0.1, 0.15) is 10.9 Å². The lowest BCUT2D eigenvalue weighted by molar-refractivity contribution is 0.540. The van der Waals surface area contributed by atoms with Crippen molar-refractivity contribution in [1.82, 2.24) is 5.32 Å². The molecule has 1 N–H and O–H groups in total. The molecule has 0 saturated carbocycles. The lowest BCUT2D eigenvalue weighted by Crippen LogP contribution is -2.25.